The molecule has 1 aliphatic rings. The highest BCUT2D eigenvalue weighted by Gasteiger charge is 2.35. The Bertz CT molecular complexity index is 1490. The second kappa shape index (κ2) is 14.6. The highest BCUT2D eigenvalue weighted by atomic mass is 35.5. The first-order chi connectivity index (χ1) is 20.5. The van der Waals surface area contributed by atoms with Gasteiger partial charge in [-0.2, -0.15) is 0 Å². The summed E-state index contributed by atoms with van der Waals surface area (Å²) in [6.07, 6.45) is 4.19. The van der Waals surface area contributed by atoms with Gasteiger partial charge < -0.3 is 10.2 Å². The highest BCUT2D eigenvalue weighted by molar-refractivity contribution is 7.92. The number of amides is 2. The predicted molar refractivity (Wildman–Crippen MR) is 173 cm³/mol. The van der Waals surface area contributed by atoms with Gasteiger partial charge in [0.2, 0.25) is 11.8 Å². The van der Waals surface area contributed by atoms with E-state index in [2.05, 4.69) is 19.2 Å². The van der Waals surface area contributed by atoms with E-state index in [1.54, 1.807) is 48.5 Å². The van der Waals surface area contributed by atoms with Gasteiger partial charge in [0.1, 0.15) is 12.6 Å². The number of hydrogen-bond donors (Lipinski definition) is 1. The Morgan fingerprint density at radius 1 is 0.907 bits per heavy atom. The van der Waals surface area contributed by atoms with Crippen molar-refractivity contribution in [2.45, 2.75) is 82.3 Å². The number of nitrogens with one attached hydrogen (secondary N) is 1. The highest BCUT2D eigenvalue weighted by Crippen LogP contribution is 2.30. The van der Waals surface area contributed by atoms with E-state index >= 15 is 0 Å². The van der Waals surface area contributed by atoms with E-state index in [1.165, 1.54) is 17.0 Å². The van der Waals surface area contributed by atoms with Gasteiger partial charge in [-0.25, -0.2) is 8.42 Å². The van der Waals surface area contributed by atoms with E-state index in [9.17, 15) is 18.0 Å². The van der Waals surface area contributed by atoms with E-state index in [4.69, 9.17) is 23.2 Å². The lowest BCUT2D eigenvalue weighted by Crippen LogP contribution is -2.53. The van der Waals surface area contributed by atoms with E-state index < -0.39 is 28.5 Å². The molecule has 230 valence electrons. The summed E-state index contributed by atoms with van der Waals surface area (Å²) in [7, 11) is -4.14. The molecule has 1 saturated carbocycles. The second-order valence-corrected chi connectivity index (χ2v) is 13.9. The summed E-state index contributed by atoms with van der Waals surface area (Å²) in [6, 6.07) is 19.4. The molecule has 1 atom stereocenters. The van der Waals surface area contributed by atoms with Crippen LogP contribution in [0.2, 0.25) is 10.0 Å². The van der Waals surface area contributed by atoms with Crippen LogP contribution in [-0.4, -0.2) is 43.8 Å². The average Bonchev–Trinajstić information content (AvgIpc) is 3.50. The molecule has 1 N–H and O–H groups in total. The van der Waals surface area contributed by atoms with Crippen LogP contribution in [0.25, 0.3) is 0 Å². The van der Waals surface area contributed by atoms with Gasteiger partial charge in [0.05, 0.1) is 10.6 Å². The molecular formula is C33H39Cl2N3O4S. The molecule has 1 fully saturated rings. The first-order valence-electron chi connectivity index (χ1n) is 14.7. The number of nitrogens with zero attached hydrogens (tertiary/aromatic N) is 2. The number of halogens is 2. The maximum absolute atomic E-state index is 14.3. The molecule has 1 aliphatic carbocycles. The molecule has 0 spiro atoms. The van der Waals surface area contributed by atoms with Crippen LogP contribution in [0, 0.1) is 0 Å². The van der Waals surface area contributed by atoms with Crippen LogP contribution in [0.1, 0.15) is 69.9 Å². The Labute approximate surface area is 265 Å². The van der Waals surface area contributed by atoms with E-state index in [1.807, 2.05) is 19.1 Å². The SMILES string of the molecule is CC[C@H](C(=O)NC1CCCC1)N(Cc1c(Cl)cccc1Cl)C(=O)CN(c1ccc(C(C)C)cc1)S(=O)(=O)c1ccccc1. The molecule has 2 amide bonds. The molecule has 7 nitrogen and oxygen atoms in total. The minimum absolute atomic E-state index is 0.0526. The number of carbonyl (C=O) groups is 2. The molecule has 0 saturated heterocycles. The number of sulfonamides is 1. The number of benzene rings is 3. The van der Waals surface area contributed by atoms with Crippen LogP contribution in [0.3, 0.4) is 0 Å². The summed E-state index contributed by atoms with van der Waals surface area (Å²) in [6.45, 7) is 5.36. The van der Waals surface area contributed by atoms with Crippen LogP contribution >= 0.6 is 23.2 Å². The standard InChI is InChI=1S/C33H39Cl2N3O4S/c1-4-31(33(40)36-25-11-8-9-12-25)37(21-28-29(34)15-10-16-30(28)35)32(39)22-38(26-19-17-24(18-20-26)23(2)3)43(41,42)27-13-6-5-7-14-27/h5-7,10,13-20,23,25,31H,4,8-9,11-12,21-22H2,1-3H3,(H,36,40)/t31-/m1/s1. The van der Waals surface area contributed by atoms with Crippen molar-refractivity contribution in [2.24, 2.45) is 0 Å². The summed E-state index contributed by atoms with van der Waals surface area (Å²) in [5, 5.41) is 3.82. The fourth-order valence-corrected chi connectivity index (χ4v) is 7.37. The lowest BCUT2D eigenvalue weighted by Gasteiger charge is -2.34. The van der Waals surface area contributed by atoms with Crippen molar-refractivity contribution in [1.82, 2.24) is 10.2 Å². The average molecular weight is 645 g/mol. The zero-order valence-electron chi connectivity index (χ0n) is 24.8. The van der Waals surface area contributed by atoms with Crippen molar-refractivity contribution in [3.63, 3.8) is 0 Å². The topological polar surface area (TPSA) is 86.8 Å². The van der Waals surface area contributed by atoms with Gasteiger partial charge in [-0.3, -0.25) is 13.9 Å². The number of rotatable bonds is 12. The first-order valence-corrected chi connectivity index (χ1v) is 16.9. The van der Waals surface area contributed by atoms with Crippen LogP contribution < -0.4 is 9.62 Å². The maximum Gasteiger partial charge on any atom is 0.264 e. The van der Waals surface area contributed by atoms with Crippen molar-refractivity contribution in [1.29, 1.82) is 0 Å². The number of carbonyl (C=O) groups excluding carboxylic acids is 2. The Morgan fingerprint density at radius 3 is 2.07 bits per heavy atom. The van der Waals surface area contributed by atoms with E-state index in [-0.39, 0.29) is 29.3 Å². The van der Waals surface area contributed by atoms with Crippen LogP contribution in [-0.2, 0) is 26.2 Å². The zero-order valence-corrected chi connectivity index (χ0v) is 27.1. The predicted octanol–water partition coefficient (Wildman–Crippen LogP) is 7.18. The fraction of sp³-hybridized carbons (Fsp3) is 0.394. The van der Waals surface area contributed by atoms with Crippen molar-refractivity contribution in [2.75, 3.05) is 10.8 Å². The zero-order chi connectivity index (χ0) is 31.1. The number of anilines is 1. The van der Waals surface area contributed by atoms with Crippen molar-refractivity contribution in [3.05, 3.63) is 94.0 Å². The minimum Gasteiger partial charge on any atom is -0.352 e. The van der Waals surface area contributed by atoms with Crippen molar-refractivity contribution in [3.8, 4) is 0 Å². The third kappa shape index (κ3) is 7.91. The lowest BCUT2D eigenvalue weighted by molar-refractivity contribution is -0.140. The van der Waals surface area contributed by atoms with Crippen molar-refractivity contribution < 1.29 is 18.0 Å². The molecule has 0 bridgehead atoms. The Kier molecular flexibility index (Phi) is 11.2. The lowest BCUT2D eigenvalue weighted by atomic mass is 10.0. The summed E-state index contributed by atoms with van der Waals surface area (Å²) in [5.41, 5.74) is 1.88. The van der Waals surface area contributed by atoms with Gasteiger partial charge in [0.25, 0.3) is 10.0 Å². The quantitative estimate of drug-likeness (QED) is 0.226. The third-order valence-corrected chi connectivity index (χ3v) is 10.4. The largest absolute Gasteiger partial charge is 0.352 e. The second-order valence-electron chi connectivity index (χ2n) is 11.2. The first kappa shape index (κ1) is 32.8. The molecular weight excluding hydrogens is 605 g/mol. The van der Waals surface area contributed by atoms with Gasteiger partial charge in [0, 0.05) is 28.2 Å². The summed E-state index contributed by atoms with van der Waals surface area (Å²) >= 11 is 13.0. The van der Waals surface area contributed by atoms with Gasteiger partial charge in [0.15, 0.2) is 0 Å². The molecule has 0 heterocycles. The minimum atomic E-state index is -4.14. The van der Waals surface area contributed by atoms with Gasteiger partial charge >= 0.3 is 0 Å². The smallest absolute Gasteiger partial charge is 0.264 e. The van der Waals surface area contributed by atoms with Gasteiger partial charge in [-0.1, -0.05) is 93.2 Å². The maximum atomic E-state index is 14.3. The third-order valence-electron chi connectivity index (χ3n) is 7.94. The molecule has 0 radical (unpaired) electrons. The molecule has 0 aromatic heterocycles. The normalized spacial score (nSPS) is 14.5. The fourth-order valence-electron chi connectivity index (χ4n) is 5.41. The van der Waals surface area contributed by atoms with Crippen LogP contribution in [0.15, 0.2) is 77.7 Å². The molecule has 10 heteroatoms. The number of hydrogen-bond acceptors (Lipinski definition) is 4. The Hall–Kier alpha value is -3.07. The van der Waals surface area contributed by atoms with Gasteiger partial charge in [-0.15, -0.1) is 0 Å². The molecule has 4 rings (SSSR count). The Balaban J connectivity index is 1.74. The van der Waals surface area contributed by atoms with Crippen molar-refractivity contribution >= 4 is 50.7 Å². The summed E-state index contributed by atoms with van der Waals surface area (Å²) in [4.78, 5) is 29.4. The molecule has 0 unspecified atom stereocenters. The van der Waals surface area contributed by atoms with Gasteiger partial charge in [-0.05, 0) is 67.1 Å². The molecule has 0 aliphatic heterocycles. The van der Waals surface area contributed by atoms with E-state index in [0.29, 0.717) is 27.7 Å². The summed E-state index contributed by atoms with van der Waals surface area (Å²) in [5.74, 6) is -0.573. The molecule has 43 heavy (non-hydrogen) atoms. The monoisotopic (exact) mass is 643 g/mol. The molecule has 3 aromatic rings. The Morgan fingerprint density at radius 2 is 1.51 bits per heavy atom. The molecule has 3 aromatic carbocycles. The van der Waals surface area contributed by atoms with E-state index in [0.717, 1.165) is 35.6 Å². The van der Waals surface area contributed by atoms with Crippen LogP contribution in [0.5, 0.6) is 0 Å². The van der Waals surface area contributed by atoms with Crippen LogP contribution in [0.4, 0.5) is 5.69 Å². The summed E-state index contributed by atoms with van der Waals surface area (Å²) < 4.78 is 29.1.